The molecule has 2 rings (SSSR count). The zero-order chi connectivity index (χ0) is 15.4. The summed E-state index contributed by atoms with van der Waals surface area (Å²) in [6, 6.07) is 6.18. The maximum absolute atomic E-state index is 13.4. The van der Waals surface area contributed by atoms with E-state index < -0.39 is 0 Å². The first-order chi connectivity index (χ1) is 10.1. The lowest BCUT2D eigenvalue weighted by Gasteiger charge is -2.42. The summed E-state index contributed by atoms with van der Waals surface area (Å²) < 4.78 is 14.0. The van der Waals surface area contributed by atoms with E-state index in [2.05, 4.69) is 34.7 Å². The second-order valence-electron chi connectivity index (χ2n) is 6.03. The molecular weight excluding hydrogens is 331 g/mol. The van der Waals surface area contributed by atoms with Crippen LogP contribution in [0.25, 0.3) is 0 Å². The summed E-state index contributed by atoms with van der Waals surface area (Å²) in [4.78, 5) is 2.54. The van der Waals surface area contributed by atoms with Gasteiger partial charge in [-0.25, -0.2) is 4.39 Å². The van der Waals surface area contributed by atoms with Crippen LogP contribution in [0.1, 0.15) is 51.1 Å². The summed E-state index contributed by atoms with van der Waals surface area (Å²) in [5.74, 6) is 0.386. The summed E-state index contributed by atoms with van der Waals surface area (Å²) >= 11 is 3.29. The van der Waals surface area contributed by atoms with Gasteiger partial charge in [-0.05, 0) is 72.4 Å². The Labute approximate surface area is 136 Å². The van der Waals surface area contributed by atoms with Crippen molar-refractivity contribution in [2.24, 2.45) is 11.7 Å². The van der Waals surface area contributed by atoms with E-state index in [0.717, 1.165) is 18.7 Å². The first-order valence-corrected chi connectivity index (χ1v) is 8.78. The normalized spacial score (nSPS) is 24.3. The maximum Gasteiger partial charge on any atom is 0.137 e. The third kappa shape index (κ3) is 3.85. The van der Waals surface area contributed by atoms with Gasteiger partial charge in [-0.3, -0.25) is 4.90 Å². The van der Waals surface area contributed by atoms with Crippen molar-refractivity contribution < 1.29 is 4.39 Å². The molecule has 1 aromatic carbocycles. The summed E-state index contributed by atoms with van der Waals surface area (Å²) in [5.41, 5.74) is 7.14. The van der Waals surface area contributed by atoms with Crippen molar-refractivity contribution in [3.05, 3.63) is 34.1 Å². The zero-order valence-corrected chi connectivity index (χ0v) is 14.6. The van der Waals surface area contributed by atoms with E-state index in [-0.39, 0.29) is 11.9 Å². The molecule has 4 heteroatoms. The lowest BCUT2D eigenvalue weighted by atomic mass is 9.82. The molecule has 0 heterocycles. The number of rotatable bonds is 5. The number of hydrogen-bond donors (Lipinski definition) is 1. The summed E-state index contributed by atoms with van der Waals surface area (Å²) in [6.07, 6.45) is 5.05. The van der Waals surface area contributed by atoms with Crippen LogP contribution < -0.4 is 5.73 Å². The minimum Gasteiger partial charge on any atom is -0.330 e. The Balaban J connectivity index is 2.20. The van der Waals surface area contributed by atoms with E-state index in [1.54, 1.807) is 6.07 Å². The van der Waals surface area contributed by atoms with E-state index in [9.17, 15) is 4.39 Å². The first-order valence-electron chi connectivity index (χ1n) is 7.99. The minimum atomic E-state index is -0.202. The fraction of sp³-hybridized carbons (Fsp3) is 0.647. The van der Waals surface area contributed by atoms with Crippen molar-refractivity contribution in [1.29, 1.82) is 0 Å². The molecule has 1 aliphatic carbocycles. The Morgan fingerprint density at radius 2 is 2.10 bits per heavy atom. The van der Waals surface area contributed by atoms with Crippen LogP contribution in [0.4, 0.5) is 4.39 Å². The Morgan fingerprint density at radius 1 is 1.38 bits per heavy atom. The molecule has 2 nitrogen and oxygen atoms in total. The average Bonchev–Trinajstić information content (AvgIpc) is 2.51. The van der Waals surface area contributed by atoms with Crippen molar-refractivity contribution >= 4 is 15.9 Å². The number of hydrogen-bond acceptors (Lipinski definition) is 2. The molecule has 2 N–H and O–H groups in total. The van der Waals surface area contributed by atoms with E-state index >= 15 is 0 Å². The van der Waals surface area contributed by atoms with E-state index in [4.69, 9.17) is 5.73 Å². The number of nitrogens with two attached hydrogens (primary N) is 1. The molecule has 1 saturated carbocycles. The highest BCUT2D eigenvalue weighted by atomic mass is 79.9. The van der Waals surface area contributed by atoms with Crippen LogP contribution in [0.3, 0.4) is 0 Å². The molecule has 0 saturated heterocycles. The second kappa shape index (κ2) is 7.70. The van der Waals surface area contributed by atoms with Crippen LogP contribution in [0.15, 0.2) is 22.7 Å². The lowest BCUT2D eigenvalue weighted by molar-refractivity contribution is 0.0769. The standard InChI is InChI=1S/C17H26BrFN2/c1-3-21(17-7-5-4-6-14(17)11-20)12(2)13-8-9-16(19)15(18)10-13/h8-10,12,14,17H,3-7,11,20H2,1-2H3. The van der Waals surface area contributed by atoms with Gasteiger partial charge in [0, 0.05) is 12.1 Å². The molecule has 0 radical (unpaired) electrons. The van der Waals surface area contributed by atoms with E-state index in [1.807, 2.05) is 12.1 Å². The van der Waals surface area contributed by atoms with Gasteiger partial charge in [-0.2, -0.15) is 0 Å². The van der Waals surface area contributed by atoms with E-state index in [0.29, 0.717) is 16.4 Å². The predicted molar refractivity (Wildman–Crippen MR) is 89.7 cm³/mol. The van der Waals surface area contributed by atoms with Crippen LogP contribution in [0.2, 0.25) is 0 Å². The Morgan fingerprint density at radius 3 is 2.71 bits per heavy atom. The van der Waals surface area contributed by atoms with Crippen molar-refractivity contribution in [3.8, 4) is 0 Å². The van der Waals surface area contributed by atoms with Crippen LogP contribution in [-0.2, 0) is 0 Å². The van der Waals surface area contributed by atoms with E-state index in [1.165, 1.54) is 25.7 Å². The van der Waals surface area contributed by atoms with Crippen molar-refractivity contribution in [1.82, 2.24) is 4.90 Å². The SMILES string of the molecule is CCN(C(C)c1ccc(F)c(Br)c1)C1CCCCC1CN. The Hall–Kier alpha value is -0.450. The first kappa shape index (κ1) is 16.9. The molecule has 0 bridgehead atoms. The summed E-state index contributed by atoms with van der Waals surface area (Å²) in [7, 11) is 0. The average molecular weight is 357 g/mol. The second-order valence-corrected chi connectivity index (χ2v) is 6.88. The minimum absolute atomic E-state index is 0.202. The predicted octanol–water partition coefficient (Wildman–Crippen LogP) is 4.49. The highest BCUT2D eigenvalue weighted by Crippen LogP contribution is 2.34. The van der Waals surface area contributed by atoms with Crippen LogP contribution in [0, 0.1) is 11.7 Å². The Kier molecular flexibility index (Phi) is 6.20. The van der Waals surface area contributed by atoms with Gasteiger partial charge in [0.15, 0.2) is 0 Å². The van der Waals surface area contributed by atoms with Crippen LogP contribution in [-0.4, -0.2) is 24.0 Å². The zero-order valence-electron chi connectivity index (χ0n) is 13.0. The van der Waals surface area contributed by atoms with Crippen molar-refractivity contribution in [2.45, 2.75) is 51.6 Å². The smallest absolute Gasteiger partial charge is 0.137 e. The highest BCUT2D eigenvalue weighted by molar-refractivity contribution is 9.10. The molecule has 1 fully saturated rings. The van der Waals surface area contributed by atoms with Gasteiger partial charge in [0.05, 0.1) is 4.47 Å². The molecule has 0 aliphatic heterocycles. The number of nitrogens with zero attached hydrogens (tertiary/aromatic N) is 1. The highest BCUT2D eigenvalue weighted by Gasteiger charge is 2.31. The maximum atomic E-state index is 13.4. The number of halogens is 2. The molecule has 1 aromatic rings. The fourth-order valence-corrected chi connectivity index (χ4v) is 4.06. The molecule has 1 aliphatic rings. The van der Waals surface area contributed by atoms with Gasteiger partial charge >= 0.3 is 0 Å². The van der Waals surface area contributed by atoms with Gasteiger partial charge in [-0.1, -0.05) is 25.8 Å². The fourth-order valence-electron chi connectivity index (χ4n) is 3.66. The lowest BCUT2D eigenvalue weighted by Crippen LogP contribution is -2.46. The van der Waals surface area contributed by atoms with Crippen LogP contribution in [0.5, 0.6) is 0 Å². The monoisotopic (exact) mass is 356 g/mol. The largest absolute Gasteiger partial charge is 0.330 e. The number of benzene rings is 1. The topological polar surface area (TPSA) is 29.3 Å². The quantitative estimate of drug-likeness (QED) is 0.841. The van der Waals surface area contributed by atoms with Gasteiger partial charge in [0.25, 0.3) is 0 Å². The third-order valence-corrected chi connectivity index (χ3v) is 5.49. The summed E-state index contributed by atoms with van der Waals surface area (Å²) in [5, 5.41) is 0. The molecule has 118 valence electrons. The molecule has 0 amide bonds. The summed E-state index contributed by atoms with van der Waals surface area (Å²) in [6.45, 7) is 6.18. The molecule has 3 atom stereocenters. The van der Waals surface area contributed by atoms with Crippen molar-refractivity contribution in [2.75, 3.05) is 13.1 Å². The molecule has 0 spiro atoms. The molecular formula is C17H26BrFN2. The van der Waals surface area contributed by atoms with Crippen LogP contribution >= 0.6 is 15.9 Å². The Bertz CT molecular complexity index is 466. The third-order valence-electron chi connectivity index (χ3n) is 4.89. The van der Waals surface area contributed by atoms with Crippen molar-refractivity contribution in [3.63, 3.8) is 0 Å². The van der Waals surface area contributed by atoms with Gasteiger partial charge in [0.2, 0.25) is 0 Å². The van der Waals surface area contributed by atoms with Gasteiger partial charge in [0.1, 0.15) is 5.82 Å². The van der Waals surface area contributed by atoms with Gasteiger partial charge in [-0.15, -0.1) is 0 Å². The van der Waals surface area contributed by atoms with Gasteiger partial charge < -0.3 is 5.73 Å². The molecule has 21 heavy (non-hydrogen) atoms. The molecule has 3 unspecified atom stereocenters. The molecule has 0 aromatic heterocycles.